The molecule has 1 rings (SSSR count). The highest BCUT2D eigenvalue weighted by atomic mass is 32.2. The monoisotopic (exact) mass is 238 g/mol. The van der Waals surface area contributed by atoms with Gasteiger partial charge < -0.3 is 5.73 Å². The van der Waals surface area contributed by atoms with Gasteiger partial charge in [0.15, 0.2) is 0 Å². The summed E-state index contributed by atoms with van der Waals surface area (Å²) in [6.45, 7) is 3.91. The Bertz CT molecular complexity index is 315. The molecule has 1 atom stereocenters. The Morgan fingerprint density at radius 1 is 1.38 bits per heavy atom. The number of aryl methyl sites for hydroxylation is 1. The summed E-state index contributed by atoms with van der Waals surface area (Å²) in [6.07, 6.45) is 2.14. The van der Waals surface area contributed by atoms with Gasteiger partial charge in [0, 0.05) is 24.9 Å². The Balaban J connectivity index is 2.77. The van der Waals surface area contributed by atoms with Gasteiger partial charge in [-0.2, -0.15) is 11.8 Å². The quantitative estimate of drug-likeness (QED) is 0.824. The van der Waals surface area contributed by atoms with E-state index in [1.165, 1.54) is 11.1 Å². The maximum atomic E-state index is 5.90. The highest BCUT2D eigenvalue weighted by Crippen LogP contribution is 2.21. The van der Waals surface area contributed by atoms with Crippen LogP contribution in [0.2, 0.25) is 0 Å². The molecule has 0 heterocycles. The predicted octanol–water partition coefficient (Wildman–Crippen LogP) is 2.29. The van der Waals surface area contributed by atoms with Crippen LogP contribution in [0.3, 0.4) is 0 Å². The predicted molar refractivity (Wildman–Crippen MR) is 74.0 cm³/mol. The van der Waals surface area contributed by atoms with Crippen molar-refractivity contribution in [1.82, 2.24) is 4.90 Å². The zero-order valence-electron chi connectivity index (χ0n) is 10.4. The van der Waals surface area contributed by atoms with Crippen LogP contribution < -0.4 is 5.73 Å². The minimum atomic E-state index is 0.341. The Morgan fingerprint density at radius 2 is 2.06 bits per heavy atom. The highest BCUT2D eigenvalue weighted by molar-refractivity contribution is 7.98. The van der Waals surface area contributed by atoms with Crippen molar-refractivity contribution in [2.24, 2.45) is 5.73 Å². The van der Waals surface area contributed by atoms with Crippen LogP contribution in [-0.4, -0.2) is 37.0 Å². The van der Waals surface area contributed by atoms with Gasteiger partial charge in [0.25, 0.3) is 0 Å². The molecule has 0 spiro atoms. The van der Waals surface area contributed by atoms with Gasteiger partial charge in [-0.05, 0) is 31.4 Å². The Labute approximate surface area is 103 Å². The first kappa shape index (κ1) is 13.6. The SMILES string of the molecule is CSCCN(C)C(CN)c1ccccc1C. The van der Waals surface area contributed by atoms with Crippen molar-refractivity contribution < 1.29 is 0 Å². The van der Waals surface area contributed by atoms with E-state index in [1.54, 1.807) is 0 Å². The molecule has 2 nitrogen and oxygen atoms in total. The van der Waals surface area contributed by atoms with E-state index in [2.05, 4.69) is 49.4 Å². The normalized spacial score (nSPS) is 13.1. The van der Waals surface area contributed by atoms with Crippen molar-refractivity contribution in [1.29, 1.82) is 0 Å². The fraction of sp³-hybridized carbons (Fsp3) is 0.538. The minimum absolute atomic E-state index is 0.341. The van der Waals surface area contributed by atoms with Crippen molar-refractivity contribution in [3.8, 4) is 0 Å². The maximum absolute atomic E-state index is 5.90. The first-order valence-electron chi connectivity index (χ1n) is 5.65. The van der Waals surface area contributed by atoms with Crippen LogP contribution in [0.4, 0.5) is 0 Å². The van der Waals surface area contributed by atoms with E-state index in [-0.39, 0.29) is 0 Å². The molecular weight excluding hydrogens is 216 g/mol. The number of hydrogen-bond acceptors (Lipinski definition) is 3. The molecule has 0 aliphatic rings. The molecule has 16 heavy (non-hydrogen) atoms. The molecule has 1 aromatic rings. The number of nitrogens with zero attached hydrogens (tertiary/aromatic N) is 1. The van der Waals surface area contributed by atoms with Crippen molar-refractivity contribution in [2.45, 2.75) is 13.0 Å². The molecule has 0 radical (unpaired) electrons. The van der Waals surface area contributed by atoms with E-state index in [4.69, 9.17) is 5.73 Å². The van der Waals surface area contributed by atoms with Crippen molar-refractivity contribution in [2.75, 3.05) is 32.1 Å². The van der Waals surface area contributed by atoms with Gasteiger partial charge in [-0.15, -0.1) is 0 Å². The van der Waals surface area contributed by atoms with Crippen LogP contribution in [-0.2, 0) is 0 Å². The lowest BCUT2D eigenvalue weighted by atomic mass is 10.0. The third kappa shape index (κ3) is 3.51. The van der Waals surface area contributed by atoms with E-state index < -0.39 is 0 Å². The van der Waals surface area contributed by atoms with Crippen LogP contribution in [0, 0.1) is 6.92 Å². The van der Waals surface area contributed by atoms with E-state index in [1.807, 2.05) is 11.8 Å². The summed E-state index contributed by atoms with van der Waals surface area (Å²) in [4.78, 5) is 2.35. The number of thioether (sulfide) groups is 1. The van der Waals surface area contributed by atoms with Gasteiger partial charge in [0.2, 0.25) is 0 Å². The smallest absolute Gasteiger partial charge is 0.0470 e. The van der Waals surface area contributed by atoms with Crippen molar-refractivity contribution in [3.05, 3.63) is 35.4 Å². The van der Waals surface area contributed by atoms with E-state index >= 15 is 0 Å². The lowest BCUT2D eigenvalue weighted by Gasteiger charge is -2.28. The van der Waals surface area contributed by atoms with E-state index in [0.717, 1.165) is 12.3 Å². The average molecular weight is 238 g/mol. The summed E-state index contributed by atoms with van der Waals surface area (Å²) in [5, 5.41) is 0. The van der Waals surface area contributed by atoms with Gasteiger partial charge in [-0.1, -0.05) is 24.3 Å². The Morgan fingerprint density at radius 3 is 2.62 bits per heavy atom. The summed E-state index contributed by atoms with van der Waals surface area (Å²) >= 11 is 1.87. The van der Waals surface area contributed by atoms with Gasteiger partial charge >= 0.3 is 0 Å². The summed E-state index contributed by atoms with van der Waals surface area (Å²) in [7, 11) is 2.15. The molecule has 2 N–H and O–H groups in total. The van der Waals surface area contributed by atoms with Crippen molar-refractivity contribution in [3.63, 3.8) is 0 Å². The molecule has 0 saturated heterocycles. The fourth-order valence-electron chi connectivity index (χ4n) is 1.90. The summed E-state index contributed by atoms with van der Waals surface area (Å²) in [5.41, 5.74) is 8.58. The minimum Gasteiger partial charge on any atom is -0.329 e. The zero-order valence-corrected chi connectivity index (χ0v) is 11.3. The lowest BCUT2D eigenvalue weighted by molar-refractivity contribution is 0.265. The molecule has 90 valence electrons. The van der Waals surface area contributed by atoms with Crippen LogP contribution in [0.5, 0.6) is 0 Å². The molecule has 0 aromatic heterocycles. The van der Waals surface area contributed by atoms with Crippen molar-refractivity contribution >= 4 is 11.8 Å². The number of benzene rings is 1. The third-order valence-electron chi connectivity index (χ3n) is 2.95. The molecule has 0 aliphatic carbocycles. The second-order valence-corrected chi connectivity index (χ2v) is 5.07. The van der Waals surface area contributed by atoms with E-state index in [0.29, 0.717) is 12.6 Å². The first-order valence-corrected chi connectivity index (χ1v) is 7.04. The number of likely N-dealkylation sites (N-methyl/N-ethyl adjacent to an activating group) is 1. The van der Waals surface area contributed by atoms with Gasteiger partial charge in [-0.25, -0.2) is 0 Å². The maximum Gasteiger partial charge on any atom is 0.0470 e. The second kappa shape index (κ2) is 6.94. The summed E-state index contributed by atoms with van der Waals surface area (Å²) in [6, 6.07) is 8.85. The number of hydrogen-bond donors (Lipinski definition) is 1. The zero-order chi connectivity index (χ0) is 12.0. The number of nitrogens with two attached hydrogens (primary N) is 1. The standard InChI is InChI=1S/C13H22N2S/c1-11-6-4-5-7-12(11)13(10-14)15(2)8-9-16-3/h4-7,13H,8-10,14H2,1-3H3. The molecule has 0 amide bonds. The summed E-state index contributed by atoms with van der Waals surface area (Å²) in [5.74, 6) is 1.15. The van der Waals surface area contributed by atoms with Crippen LogP contribution >= 0.6 is 11.8 Å². The molecular formula is C13H22N2S. The average Bonchev–Trinajstić information content (AvgIpc) is 2.30. The third-order valence-corrected chi connectivity index (χ3v) is 3.54. The van der Waals surface area contributed by atoms with E-state index in [9.17, 15) is 0 Å². The Kier molecular flexibility index (Phi) is 5.88. The molecule has 1 unspecified atom stereocenters. The topological polar surface area (TPSA) is 29.3 Å². The molecule has 0 aliphatic heterocycles. The Hall–Kier alpha value is -0.510. The van der Waals surface area contributed by atoms with Gasteiger partial charge in [0.1, 0.15) is 0 Å². The van der Waals surface area contributed by atoms with Crippen LogP contribution in [0.25, 0.3) is 0 Å². The molecule has 0 fully saturated rings. The molecule has 0 bridgehead atoms. The molecule has 0 saturated carbocycles. The summed E-state index contributed by atoms with van der Waals surface area (Å²) < 4.78 is 0. The second-order valence-electron chi connectivity index (χ2n) is 4.08. The van der Waals surface area contributed by atoms with Gasteiger partial charge in [-0.3, -0.25) is 4.90 Å². The lowest BCUT2D eigenvalue weighted by Crippen LogP contribution is -2.32. The molecule has 3 heteroatoms. The number of rotatable bonds is 6. The first-order chi connectivity index (χ1) is 7.70. The largest absolute Gasteiger partial charge is 0.329 e. The molecule has 1 aromatic carbocycles. The van der Waals surface area contributed by atoms with Crippen LogP contribution in [0.15, 0.2) is 24.3 Å². The van der Waals surface area contributed by atoms with Crippen LogP contribution in [0.1, 0.15) is 17.2 Å². The fourth-order valence-corrected chi connectivity index (χ4v) is 2.37. The van der Waals surface area contributed by atoms with Gasteiger partial charge in [0.05, 0.1) is 0 Å². The highest BCUT2D eigenvalue weighted by Gasteiger charge is 2.16.